The minimum Gasteiger partial charge on any atom is -0.478 e. The number of carbonyl (C=O) groups is 1. The van der Waals surface area contributed by atoms with Gasteiger partial charge in [-0.05, 0) is 25.1 Å². The lowest BCUT2D eigenvalue weighted by molar-refractivity contribution is 0.0697. The van der Waals surface area contributed by atoms with Crippen LogP contribution in [0.15, 0.2) is 18.2 Å². The first-order chi connectivity index (χ1) is 9.75. The predicted molar refractivity (Wildman–Crippen MR) is 82.0 cm³/mol. The van der Waals surface area contributed by atoms with Crippen molar-refractivity contribution >= 4 is 17.0 Å². The average Bonchev–Trinajstić information content (AvgIpc) is 2.77. The standard InChI is InChI=1S/C16H22N2O3/c1-10(9-21-5)18-13-7-6-11(14(19)20)8-12(13)17-15(18)16(2,3)4/h6-8,10H,9H2,1-5H3,(H,19,20). The van der Waals surface area contributed by atoms with Gasteiger partial charge in [0.1, 0.15) is 5.82 Å². The van der Waals surface area contributed by atoms with Gasteiger partial charge in [0.2, 0.25) is 0 Å². The van der Waals surface area contributed by atoms with Crippen molar-refractivity contribution in [2.45, 2.75) is 39.2 Å². The third-order valence-corrected chi connectivity index (χ3v) is 3.46. The van der Waals surface area contributed by atoms with Crippen LogP contribution in [0.25, 0.3) is 11.0 Å². The minimum absolute atomic E-state index is 0.130. The van der Waals surface area contributed by atoms with Gasteiger partial charge < -0.3 is 14.4 Å². The van der Waals surface area contributed by atoms with Gasteiger partial charge >= 0.3 is 5.97 Å². The number of aromatic nitrogens is 2. The molecule has 0 aliphatic heterocycles. The number of hydrogen-bond donors (Lipinski definition) is 1. The fourth-order valence-corrected chi connectivity index (χ4v) is 2.52. The summed E-state index contributed by atoms with van der Waals surface area (Å²) in [4.78, 5) is 15.8. The topological polar surface area (TPSA) is 64.4 Å². The van der Waals surface area contributed by atoms with Crippen LogP contribution in [0.1, 0.15) is 49.9 Å². The fourth-order valence-electron chi connectivity index (χ4n) is 2.52. The monoisotopic (exact) mass is 290 g/mol. The zero-order valence-electron chi connectivity index (χ0n) is 13.2. The average molecular weight is 290 g/mol. The Balaban J connectivity index is 2.69. The van der Waals surface area contributed by atoms with Crippen LogP contribution in [0.5, 0.6) is 0 Å². The SMILES string of the molecule is COCC(C)n1c(C(C)(C)C)nc2cc(C(=O)O)ccc21. The number of imidazole rings is 1. The van der Waals surface area contributed by atoms with Crippen LogP contribution in [0, 0.1) is 0 Å². The minimum atomic E-state index is -0.936. The summed E-state index contributed by atoms with van der Waals surface area (Å²) in [7, 11) is 1.68. The van der Waals surface area contributed by atoms with Crippen molar-refractivity contribution in [2.75, 3.05) is 13.7 Å². The van der Waals surface area contributed by atoms with Crippen molar-refractivity contribution in [3.63, 3.8) is 0 Å². The van der Waals surface area contributed by atoms with Gasteiger partial charge in [-0.1, -0.05) is 20.8 Å². The summed E-state index contributed by atoms with van der Waals surface area (Å²) in [5.74, 6) is -0.00159. The van der Waals surface area contributed by atoms with Crippen LogP contribution in [0.3, 0.4) is 0 Å². The Labute approximate surface area is 124 Å². The second kappa shape index (κ2) is 5.48. The van der Waals surface area contributed by atoms with Crippen LogP contribution < -0.4 is 0 Å². The van der Waals surface area contributed by atoms with E-state index in [4.69, 9.17) is 9.84 Å². The van der Waals surface area contributed by atoms with E-state index in [0.29, 0.717) is 12.1 Å². The molecule has 0 saturated carbocycles. The second-order valence-electron chi connectivity index (χ2n) is 6.37. The highest BCUT2D eigenvalue weighted by atomic mass is 16.5. The highest BCUT2D eigenvalue weighted by molar-refractivity contribution is 5.92. The number of hydrogen-bond acceptors (Lipinski definition) is 3. The molecule has 2 aromatic rings. The van der Waals surface area contributed by atoms with E-state index in [1.54, 1.807) is 19.2 Å². The third kappa shape index (κ3) is 2.93. The molecule has 1 unspecified atom stereocenters. The normalized spacial score (nSPS) is 13.6. The van der Waals surface area contributed by atoms with E-state index in [2.05, 4.69) is 37.2 Å². The van der Waals surface area contributed by atoms with E-state index in [1.807, 2.05) is 6.07 Å². The van der Waals surface area contributed by atoms with Gasteiger partial charge in [-0.15, -0.1) is 0 Å². The van der Waals surface area contributed by atoms with Crippen LogP contribution in [0.2, 0.25) is 0 Å². The van der Waals surface area contributed by atoms with Gasteiger partial charge in [-0.2, -0.15) is 0 Å². The van der Waals surface area contributed by atoms with Gasteiger partial charge in [0.15, 0.2) is 0 Å². The molecule has 0 aliphatic rings. The Bertz CT molecular complexity index is 668. The van der Waals surface area contributed by atoms with Crippen LogP contribution in [-0.4, -0.2) is 34.3 Å². The molecule has 1 N–H and O–H groups in total. The lowest BCUT2D eigenvalue weighted by Crippen LogP contribution is -2.23. The largest absolute Gasteiger partial charge is 0.478 e. The molecule has 0 radical (unpaired) electrons. The van der Waals surface area contributed by atoms with Gasteiger partial charge in [0.05, 0.1) is 29.2 Å². The molecule has 21 heavy (non-hydrogen) atoms. The summed E-state index contributed by atoms with van der Waals surface area (Å²) in [5.41, 5.74) is 1.77. The van der Waals surface area contributed by atoms with Crippen LogP contribution in [-0.2, 0) is 10.2 Å². The van der Waals surface area contributed by atoms with E-state index < -0.39 is 5.97 Å². The summed E-state index contributed by atoms with van der Waals surface area (Å²) in [6.45, 7) is 8.95. The van der Waals surface area contributed by atoms with E-state index in [9.17, 15) is 4.79 Å². The van der Waals surface area contributed by atoms with Crippen LogP contribution >= 0.6 is 0 Å². The molecule has 1 aromatic carbocycles. The summed E-state index contributed by atoms with van der Waals surface area (Å²) in [6, 6.07) is 5.20. The third-order valence-electron chi connectivity index (χ3n) is 3.46. The number of carboxylic acids is 1. The molecule has 0 fully saturated rings. The molecular weight excluding hydrogens is 268 g/mol. The van der Waals surface area contributed by atoms with Gasteiger partial charge in [-0.3, -0.25) is 0 Å². The number of nitrogens with zero attached hydrogens (tertiary/aromatic N) is 2. The molecule has 1 atom stereocenters. The molecule has 0 aliphatic carbocycles. The molecule has 0 amide bonds. The van der Waals surface area contributed by atoms with Gasteiger partial charge in [0, 0.05) is 12.5 Å². The van der Waals surface area contributed by atoms with Crippen LogP contribution in [0.4, 0.5) is 0 Å². The highest BCUT2D eigenvalue weighted by Crippen LogP contribution is 2.30. The lowest BCUT2D eigenvalue weighted by atomic mass is 9.95. The maximum absolute atomic E-state index is 11.1. The zero-order chi connectivity index (χ0) is 15.8. The first-order valence-corrected chi connectivity index (χ1v) is 7.00. The van der Waals surface area contributed by atoms with Crippen molar-refractivity contribution < 1.29 is 14.6 Å². The first kappa shape index (κ1) is 15.5. The second-order valence-corrected chi connectivity index (χ2v) is 6.37. The van der Waals surface area contributed by atoms with E-state index in [1.165, 1.54) is 0 Å². The molecule has 0 bridgehead atoms. The molecule has 0 spiro atoms. The molecular formula is C16H22N2O3. The Morgan fingerprint density at radius 3 is 2.62 bits per heavy atom. The van der Waals surface area contributed by atoms with E-state index in [-0.39, 0.29) is 17.0 Å². The van der Waals surface area contributed by atoms with Crippen molar-refractivity contribution in [3.05, 3.63) is 29.6 Å². The smallest absolute Gasteiger partial charge is 0.335 e. The van der Waals surface area contributed by atoms with E-state index >= 15 is 0 Å². The molecule has 0 saturated heterocycles. The van der Waals surface area contributed by atoms with Crippen molar-refractivity contribution in [1.29, 1.82) is 0 Å². The Hall–Kier alpha value is -1.88. The number of fused-ring (bicyclic) bond motifs is 1. The molecule has 5 nitrogen and oxygen atoms in total. The fraction of sp³-hybridized carbons (Fsp3) is 0.500. The van der Waals surface area contributed by atoms with Crippen molar-refractivity contribution in [1.82, 2.24) is 9.55 Å². The Morgan fingerprint density at radius 1 is 1.43 bits per heavy atom. The number of aromatic carboxylic acids is 1. The Morgan fingerprint density at radius 2 is 2.10 bits per heavy atom. The molecule has 1 heterocycles. The molecule has 1 aromatic heterocycles. The number of rotatable bonds is 4. The van der Waals surface area contributed by atoms with Gasteiger partial charge in [0.25, 0.3) is 0 Å². The summed E-state index contributed by atoms with van der Waals surface area (Å²) in [6.07, 6.45) is 0. The quantitative estimate of drug-likeness (QED) is 0.939. The molecule has 2 rings (SSSR count). The van der Waals surface area contributed by atoms with Crippen molar-refractivity contribution in [2.24, 2.45) is 0 Å². The maximum atomic E-state index is 11.1. The highest BCUT2D eigenvalue weighted by Gasteiger charge is 2.25. The number of carboxylic acid groups (broad SMARTS) is 1. The predicted octanol–water partition coefficient (Wildman–Crippen LogP) is 3.24. The first-order valence-electron chi connectivity index (χ1n) is 7.00. The number of ether oxygens (including phenoxy) is 1. The maximum Gasteiger partial charge on any atom is 0.335 e. The number of benzene rings is 1. The van der Waals surface area contributed by atoms with Crippen molar-refractivity contribution in [3.8, 4) is 0 Å². The summed E-state index contributed by atoms with van der Waals surface area (Å²) < 4.78 is 7.41. The lowest BCUT2D eigenvalue weighted by Gasteiger charge is -2.24. The number of methoxy groups -OCH3 is 1. The summed E-state index contributed by atoms with van der Waals surface area (Å²) >= 11 is 0. The Kier molecular flexibility index (Phi) is 4.05. The molecule has 5 heteroatoms. The molecule has 114 valence electrons. The van der Waals surface area contributed by atoms with E-state index in [0.717, 1.165) is 11.3 Å². The zero-order valence-corrected chi connectivity index (χ0v) is 13.2. The van der Waals surface area contributed by atoms with Gasteiger partial charge in [-0.25, -0.2) is 9.78 Å². The summed E-state index contributed by atoms with van der Waals surface area (Å²) in [5, 5.41) is 9.12.